The van der Waals surface area contributed by atoms with Crippen molar-refractivity contribution in [1.29, 1.82) is 0 Å². The fourth-order valence-electron chi connectivity index (χ4n) is 4.94. The van der Waals surface area contributed by atoms with Gasteiger partial charge >= 0.3 is 0 Å². The number of carbonyl (C=O) groups is 2. The first-order valence-electron chi connectivity index (χ1n) is 12.6. The molecule has 0 atom stereocenters. The maximum atomic E-state index is 13.8. The first-order chi connectivity index (χ1) is 17.8. The van der Waals surface area contributed by atoms with Gasteiger partial charge in [-0.25, -0.2) is 14.5 Å². The third-order valence-corrected chi connectivity index (χ3v) is 7.21. The lowest BCUT2D eigenvalue weighted by Gasteiger charge is -2.46. The maximum absolute atomic E-state index is 13.8. The minimum atomic E-state index is -0.593. The number of hydrogen-bond acceptors (Lipinski definition) is 5. The summed E-state index contributed by atoms with van der Waals surface area (Å²) in [6.45, 7) is 13.3. The molecule has 10 heteroatoms. The number of H-pyrrole nitrogens is 1. The number of rotatable bonds is 3. The number of carbonyl (C=O) groups excluding carboxylic acids is 2. The van der Waals surface area contributed by atoms with Crippen LogP contribution in [0.25, 0.3) is 16.9 Å². The number of imidazole rings is 2. The molecule has 1 N–H and O–H groups in total. The van der Waals surface area contributed by atoms with E-state index in [2.05, 4.69) is 30.7 Å². The highest BCUT2D eigenvalue weighted by Gasteiger charge is 2.40. The van der Waals surface area contributed by atoms with Crippen molar-refractivity contribution in [2.75, 3.05) is 19.6 Å². The first kappa shape index (κ1) is 25.9. The van der Waals surface area contributed by atoms with E-state index in [1.807, 2.05) is 51.1 Å². The number of nitrogens with zero attached hydrogens (tertiary/aromatic N) is 6. The van der Waals surface area contributed by atoms with Crippen molar-refractivity contribution >= 4 is 29.1 Å². The highest BCUT2D eigenvalue weighted by atomic mass is 35.5. The van der Waals surface area contributed by atoms with Crippen LogP contribution in [0.1, 0.15) is 67.0 Å². The number of hydrogen-bond donors (Lipinski definition) is 1. The number of fused-ring (bicyclic) bond motifs is 1. The Hall–Kier alpha value is -3.72. The molecule has 0 saturated carbocycles. The second-order valence-electron chi connectivity index (χ2n) is 11.5. The Balaban J connectivity index is 1.46. The molecule has 0 unspecified atom stereocenters. The number of benzene rings is 1. The van der Waals surface area contributed by atoms with E-state index in [1.54, 1.807) is 26.7 Å². The summed E-state index contributed by atoms with van der Waals surface area (Å²) in [4.78, 5) is 42.2. The zero-order valence-electron chi connectivity index (χ0n) is 22.5. The largest absolute Gasteiger partial charge is 0.338 e. The minimum Gasteiger partial charge on any atom is -0.338 e. The van der Waals surface area contributed by atoms with Gasteiger partial charge in [-0.2, -0.15) is 5.10 Å². The molecule has 1 fully saturated rings. The Labute approximate surface area is 226 Å². The van der Waals surface area contributed by atoms with E-state index in [9.17, 15) is 9.59 Å². The first-order valence-corrected chi connectivity index (χ1v) is 13.0. The van der Waals surface area contributed by atoms with Crippen molar-refractivity contribution in [2.24, 2.45) is 0 Å². The molecule has 3 aromatic heterocycles. The molecule has 1 saturated heterocycles. The van der Waals surface area contributed by atoms with Crippen molar-refractivity contribution in [1.82, 2.24) is 34.4 Å². The van der Waals surface area contributed by atoms with Crippen molar-refractivity contribution in [3.8, 4) is 11.3 Å². The molecule has 198 valence electrons. The monoisotopic (exact) mass is 533 g/mol. The van der Waals surface area contributed by atoms with E-state index >= 15 is 0 Å². The topological polar surface area (TPSA) is 99.5 Å². The fourth-order valence-corrected chi connectivity index (χ4v) is 5.06. The van der Waals surface area contributed by atoms with Crippen molar-refractivity contribution in [3.63, 3.8) is 0 Å². The van der Waals surface area contributed by atoms with E-state index in [1.165, 1.54) is 0 Å². The number of halogens is 1. The summed E-state index contributed by atoms with van der Waals surface area (Å²) in [5, 5.41) is 5.44. The lowest BCUT2D eigenvalue weighted by Crippen LogP contribution is -2.62. The lowest BCUT2D eigenvalue weighted by atomic mass is 9.87. The van der Waals surface area contributed by atoms with E-state index in [-0.39, 0.29) is 17.2 Å². The molecule has 0 radical (unpaired) electrons. The second-order valence-corrected chi connectivity index (χ2v) is 11.9. The number of nitrogens with one attached hydrogen (secondary N) is 1. The van der Waals surface area contributed by atoms with Crippen LogP contribution >= 0.6 is 11.6 Å². The average molecular weight is 534 g/mol. The van der Waals surface area contributed by atoms with Gasteiger partial charge in [-0.1, -0.05) is 44.5 Å². The van der Waals surface area contributed by atoms with Gasteiger partial charge in [-0.3, -0.25) is 9.59 Å². The third kappa shape index (κ3) is 4.78. The van der Waals surface area contributed by atoms with Crippen LogP contribution in [0.3, 0.4) is 0 Å². The fraction of sp³-hybridized carbons (Fsp3) is 0.393. The molecule has 0 bridgehead atoms. The van der Waals surface area contributed by atoms with Gasteiger partial charge in [-0.05, 0) is 44.4 Å². The number of aryl methyl sites for hydroxylation is 1. The van der Waals surface area contributed by atoms with Crippen LogP contribution in [0.4, 0.5) is 0 Å². The van der Waals surface area contributed by atoms with Crippen LogP contribution in [-0.2, 0) is 5.41 Å². The second kappa shape index (κ2) is 9.23. The van der Waals surface area contributed by atoms with Gasteiger partial charge < -0.3 is 14.8 Å². The normalized spacial score (nSPS) is 15.8. The van der Waals surface area contributed by atoms with Crippen LogP contribution < -0.4 is 0 Å². The molecule has 9 nitrogen and oxygen atoms in total. The molecule has 1 aromatic carbocycles. The van der Waals surface area contributed by atoms with Crippen LogP contribution in [0, 0.1) is 6.92 Å². The summed E-state index contributed by atoms with van der Waals surface area (Å²) in [6.07, 6.45) is 3.25. The Morgan fingerprint density at radius 3 is 2.39 bits per heavy atom. The van der Waals surface area contributed by atoms with Crippen molar-refractivity contribution in [2.45, 2.75) is 52.5 Å². The quantitative estimate of drug-likeness (QED) is 0.409. The van der Waals surface area contributed by atoms with Crippen LogP contribution in [0.15, 0.2) is 42.7 Å². The van der Waals surface area contributed by atoms with Gasteiger partial charge in [-0.15, -0.1) is 0 Å². The van der Waals surface area contributed by atoms with Crippen molar-refractivity contribution in [3.05, 3.63) is 70.5 Å². The standard InChI is InChI=1S/C28H32ClN7O2/c1-17-30-14-22(31-17)25(37)34-11-12-35(28(5,6)16-34)26(38)23-15-36-24(32-23)20(27(2,3)4)13-21(33-36)18-7-9-19(29)10-8-18/h7-10,13-15H,11-12,16H2,1-6H3,(H,30,31). The average Bonchev–Trinajstić information content (AvgIpc) is 3.48. The summed E-state index contributed by atoms with van der Waals surface area (Å²) < 4.78 is 1.70. The summed E-state index contributed by atoms with van der Waals surface area (Å²) in [6, 6.07) is 9.57. The smallest absolute Gasteiger partial charge is 0.274 e. The Morgan fingerprint density at radius 2 is 1.79 bits per heavy atom. The zero-order valence-corrected chi connectivity index (χ0v) is 23.3. The highest BCUT2D eigenvalue weighted by molar-refractivity contribution is 6.30. The molecule has 5 rings (SSSR count). The van der Waals surface area contributed by atoms with Gasteiger partial charge in [0.1, 0.15) is 17.2 Å². The van der Waals surface area contributed by atoms with Gasteiger partial charge in [0.15, 0.2) is 5.65 Å². The van der Waals surface area contributed by atoms with Gasteiger partial charge in [0.2, 0.25) is 0 Å². The lowest BCUT2D eigenvalue weighted by molar-refractivity contribution is 0.0163. The number of piperazine rings is 1. The zero-order chi connectivity index (χ0) is 27.4. The Kier molecular flexibility index (Phi) is 6.30. The van der Waals surface area contributed by atoms with E-state index < -0.39 is 5.54 Å². The SMILES string of the molecule is Cc1ncc(C(=O)N2CCN(C(=O)c3cn4nc(-c5ccc(Cl)cc5)cc(C(C)(C)C)c4n3)C(C)(C)C2)[nH]1. The predicted molar refractivity (Wildman–Crippen MR) is 146 cm³/mol. The van der Waals surface area contributed by atoms with Gasteiger partial charge in [0.25, 0.3) is 11.8 Å². The molecular formula is C28H32ClN7O2. The molecule has 4 heterocycles. The maximum Gasteiger partial charge on any atom is 0.274 e. The van der Waals surface area contributed by atoms with E-state index in [4.69, 9.17) is 21.7 Å². The summed E-state index contributed by atoms with van der Waals surface area (Å²) >= 11 is 6.09. The predicted octanol–water partition coefficient (Wildman–Crippen LogP) is 4.76. The van der Waals surface area contributed by atoms with Crippen LogP contribution in [0.2, 0.25) is 5.02 Å². The summed E-state index contributed by atoms with van der Waals surface area (Å²) in [7, 11) is 0. The molecular weight excluding hydrogens is 502 g/mol. The number of amides is 2. The van der Waals surface area contributed by atoms with Crippen molar-refractivity contribution < 1.29 is 9.59 Å². The third-order valence-electron chi connectivity index (χ3n) is 6.96. The molecule has 1 aliphatic heterocycles. The van der Waals surface area contributed by atoms with Crippen LogP contribution in [0.5, 0.6) is 0 Å². The molecule has 1 aliphatic rings. The van der Waals surface area contributed by atoms with E-state index in [0.29, 0.717) is 47.5 Å². The summed E-state index contributed by atoms with van der Waals surface area (Å²) in [5.74, 6) is 0.390. The Morgan fingerprint density at radius 1 is 1.08 bits per heavy atom. The van der Waals surface area contributed by atoms with Gasteiger partial charge in [0, 0.05) is 35.8 Å². The molecule has 0 aliphatic carbocycles. The van der Waals surface area contributed by atoms with Crippen LogP contribution in [-0.4, -0.2) is 71.4 Å². The molecule has 38 heavy (non-hydrogen) atoms. The summed E-state index contributed by atoms with van der Waals surface area (Å²) in [5.41, 5.74) is 3.30. The molecule has 4 aromatic rings. The number of aromatic amines is 1. The molecule has 0 spiro atoms. The Bertz CT molecular complexity index is 1530. The molecule has 2 amide bonds. The minimum absolute atomic E-state index is 0.118. The van der Waals surface area contributed by atoms with E-state index in [0.717, 1.165) is 16.8 Å². The van der Waals surface area contributed by atoms with Gasteiger partial charge in [0.05, 0.1) is 23.6 Å². The number of aromatic nitrogens is 5. The highest BCUT2D eigenvalue weighted by Crippen LogP contribution is 2.31.